The number of carbonyl (C=O) groups excluding carboxylic acids is 1. The van der Waals surface area contributed by atoms with Gasteiger partial charge in [0.15, 0.2) is 0 Å². The first-order valence-electron chi connectivity index (χ1n) is 4.06. The lowest BCUT2D eigenvalue weighted by Gasteiger charge is -2.04. The van der Waals surface area contributed by atoms with Crippen LogP contribution in [0.4, 0.5) is 0 Å². The summed E-state index contributed by atoms with van der Waals surface area (Å²) in [5.41, 5.74) is 0. The lowest BCUT2D eigenvalue weighted by molar-refractivity contribution is -0.141. The number of rotatable bonds is 4. The number of esters is 1. The zero-order valence-corrected chi connectivity index (χ0v) is 7.75. The summed E-state index contributed by atoms with van der Waals surface area (Å²) in [5.74, 6) is 5.10. The first-order valence-corrected chi connectivity index (χ1v) is 4.06. The van der Waals surface area contributed by atoms with Crippen LogP contribution in [0.3, 0.4) is 0 Å². The molecule has 1 N–H and O–H groups in total. The van der Waals surface area contributed by atoms with Gasteiger partial charge in [0.25, 0.3) is 0 Å². The van der Waals surface area contributed by atoms with Gasteiger partial charge < -0.3 is 9.84 Å². The Bertz CT molecular complexity index is 222. The quantitative estimate of drug-likeness (QED) is 0.396. The van der Waals surface area contributed by atoms with Crippen molar-refractivity contribution < 1.29 is 14.6 Å². The predicted octanol–water partition coefficient (Wildman–Crippen LogP) is 0.738. The zero-order chi connectivity index (χ0) is 10.1. The standard InChI is InChI=1S/C10H14O3/c1-3-10(6-4-5-7-11)8-13-9(2)12/h3,10-11H,1,5,7-8H2,2H3. The molecule has 0 aromatic carbocycles. The smallest absolute Gasteiger partial charge is 0.302 e. The molecule has 1 unspecified atom stereocenters. The average molecular weight is 182 g/mol. The van der Waals surface area contributed by atoms with Gasteiger partial charge in [-0.25, -0.2) is 0 Å². The summed E-state index contributed by atoms with van der Waals surface area (Å²) in [6, 6.07) is 0. The van der Waals surface area contributed by atoms with Gasteiger partial charge in [-0.2, -0.15) is 0 Å². The molecule has 0 aliphatic heterocycles. The predicted molar refractivity (Wildman–Crippen MR) is 49.8 cm³/mol. The summed E-state index contributed by atoms with van der Waals surface area (Å²) in [4.78, 5) is 10.4. The van der Waals surface area contributed by atoms with Gasteiger partial charge in [-0.05, 0) is 0 Å². The molecule has 0 bridgehead atoms. The minimum atomic E-state index is -0.323. The summed E-state index contributed by atoms with van der Waals surface area (Å²) in [7, 11) is 0. The first kappa shape index (κ1) is 11.7. The highest BCUT2D eigenvalue weighted by Crippen LogP contribution is 1.97. The van der Waals surface area contributed by atoms with E-state index in [0.29, 0.717) is 6.42 Å². The van der Waals surface area contributed by atoms with Crippen molar-refractivity contribution in [1.29, 1.82) is 0 Å². The van der Waals surface area contributed by atoms with Crippen LogP contribution in [-0.2, 0) is 9.53 Å². The average Bonchev–Trinajstić information content (AvgIpc) is 2.10. The van der Waals surface area contributed by atoms with Crippen molar-refractivity contribution in [3.63, 3.8) is 0 Å². The maximum atomic E-state index is 10.4. The number of aliphatic hydroxyl groups excluding tert-OH is 1. The molecular formula is C10H14O3. The van der Waals surface area contributed by atoms with E-state index < -0.39 is 0 Å². The van der Waals surface area contributed by atoms with Crippen molar-refractivity contribution >= 4 is 5.97 Å². The molecule has 0 aliphatic rings. The Hall–Kier alpha value is -1.27. The normalized spacial score (nSPS) is 10.9. The first-order chi connectivity index (χ1) is 6.20. The number of hydrogen-bond acceptors (Lipinski definition) is 3. The molecule has 0 rings (SSSR count). The van der Waals surface area contributed by atoms with Crippen LogP contribution in [0.1, 0.15) is 13.3 Å². The molecule has 0 saturated carbocycles. The van der Waals surface area contributed by atoms with Crippen molar-refractivity contribution in [2.75, 3.05) is 13.2 Å². The fourth-order valence-electron chi connectivity index (χ4n) is 0.635. The SMILES string of the molecule is C=CC(C#CCCO)COC(C)=O. The lowest BCUT2D eigenvalue weighted by Crippen LogP contribution is -2.08. The maximum Gasteiger partial charge on any atom is 0.302 e. The van der Waals surface area contributed by atoms with Crippen LogP contribution in [0.25, 0.3) is 0 Å². The number of hydrogen-bond donors (Lipinski definition) is 1. The molecule has 13 heavy (non-hydrogen) atoms. The Morgan fingerprint density at radius 2 is 2.46 bits per heavy atom. The van der Waals surface area contributed by atoms with Crippen LogP contribution in [0.15, 0.2) is 12.7 Å². The highest BCUT2D eigenvalue weighted by molar-refractivity contribution is 5.65. The molecule has 3 heteroatoms. The van der Waals surface area contributed by atoms with Gasteiger partial charge in [0.1, 0.15) is 6.61 Å². The summed E-state index contributed by atoms with van der Waals surface area (Å²) >= 11 is 0. The van der Waals surface area contributed by atoms with Gasteiger partial charge >= 0.3 is 5.97 Å². The fourth-order valence-corrected chi connectivity index (χ4v) is 0.635. The summed E-state index contributed by atoms with van der Waals surface area (Å²) in [6.07, 6.45) is 2.05. The minimum absolute atomic E-state index is 0.0461. The van der Waals surface area contributed by atoms with Gasteiger partial charge in [0.2, 0.25) is 0 Å². The Morgan fingerprint density at radius 3 is 2.92 bits per heavy atom. The molecule has 0 fully saturated rings. The molecular weight excluding hydrogens is 168 g/mol. The molecule has 72 valence electrons. The van der Waals surface area contributed by atoms with Crippen LogP contribution < -0.4 is 0 Å². The molecule has 1 atom stereocenters. The van der Waals surface area contributed by atoms with Crippen LogP contribution in [0.5, 0.6) is 0 Å². The van der Waals surface area contributed by atoms with Crippen molar-refractivity contribution in [2.45, 2.75) is 13.3 Å². The molecule has 0 aliphatic carbocycles. The van der Waals surface area contributed by atoms with Crippen LogP contribution in [-0.4, -0.2) is 24.3 Å². The van der Waals surface area contributed by atoms with E-state index in [1.54, 1.807) is 6.08 Å². The van der Waals surface area contributed by atoms with Gasteiger partial charge in [0, 0.05) is 13.3 Å². The highest BCUT2D eigenvalue weighted by Gasteiger charge is 2.01. The molecule has 0 aromatic rings. The van der Waals surface area contributed by atoms with E-state index in [4.69, 9.17) is 9.84 Å². The Balaban J connectivity index is 3.84. The van der Waals surface area contributed by atoms with Crippen molar-refractivity contribution in [1.82, 2.24) is 0 Å². The topological polar surface area (TPSA) is 46.5 Å². The van der Waals surface area contributed by atoms with E-state index >= 15 is 0 Å². The van der Waals surface area contributed by atoms with Crippen molar-refractivity contribution in [3.05, 3.63) is 12.7 Å². The third kappa shape index (κ3) is 7.10. The molecule has 0 aromatic heterocycles. The Labute approximate surface area is 78.4 Å². The second kappa shape index (κ2) is 7.38. The van der Waals surface area contributed by atoms with Crippen molar-refractivity contribution in [2.24, 2.45) is 5.92 Å². The zero-order valence-electron chi connectivity index (χ0n) is 7.75. The van der Waals surface area contributed by atoms with Crippen molar-refractivity contribution in [3.8, 4) is 11.8 Å². The fraction of sp³-hybridized carbons (Fsp3) is 0.500. The second-order valence-electron chi connectivity index (χ2n) is 2.44. The lowest BCUT2D eigenvalue weighted by atomic mass is 10.1. The Morgan fingerprint density at radius 1 is 1.77 bits per heavy atom. The van der Waals surface area contributed by atoms with E-state index in [0.717, 1.165) is 0 Å². The highest BCUT2D eigenvalue weighted by atomic mass is 16.5. The maximum absolute atomic E-state index is 10.4. The van der Waals surface area contributed by atoms with E-state index in [1.807, 2.05) is 0 Å². The molecule has 0 spiro atoms. The third-order valence-corrected chi connectivity index (χ3v) is 1.27. The summed E-state index contributed by atoms with van der Waals surface area (Å²) in [5, 5.41) is 8.46. The van der Waals surface area contributed by atoms with E-state index in [2.05, 4.69) is 18.4 Å². The monoisotopic (exact) mass is 182 g/mol. The van der Waals surface area contributed by atoms with E-state index in [-0.39, 0.29) is 25.1 Å². The van der Waals surface area contributed by atoms with Crippen LogP contribution in [0.2, 0.25) is 0 Å². The molecule has 0 amide bonds. The van der Waals surface area contributed by atoms with Gasteiger partial charge in [-0.3, -0.25) is 4.79 Å². The third-order valence-electron chi connectivity index (χ3n) is 1.27. The molecule has 0 radical (unpaired) electrons. The van der Waals surface area contributed by atoms with Gasteiger partial charge in [0.05, 0.1) is 12.5 Å². The van der Waals surface area contributed by atoms with E-state index in [9.17, 15) is 4.79 Å². The summed E-state index contributed by atoms with van der Waals surface area (Å²) in [6.45, 7) is 5.19. The van der Waals surface area contributed by atoms with Gasteiger partial charge in [-0.1, -0.05) is 12.0 Å². The second-order valence-corrected chi connectivity index (χ2v) is 2.44. The van der Waals surface area contributed by atoms with Crippen LogP contribution >= 0.6 is 0 Å². The molecule has 3 nitrogen and oxygen atoms in total. The largest absolute Gasteiger partial charge is 0.464 e. The van der Waals surface area contributed by atoms with Gasteiger partial charge in [-0.15, -0.1) is 12.5 Å². The number of ether oxygens (including phenoxy) is 1. The Kier molecular flexibility index (Phi) is 6.66. The van der Waals surface area contributed by atoms with E-state index in [1.165, 1.54) is 6.92 Å². The summed E-state index contributed by atoms with van der Waals surface area (Å²) < 4.78 is 4.75. The van der Waals surface area contributed by atoms with Crippen LogP contribution in [0, 0.1) is 17.8 Å². The molecule has 0 saturated heterocycles. The number of carbonyl (C=O) groups is 1. The molecule has 0 heterocycles. The number of aliphatic hydroxyl groups is 1. The minimum Gasteiger partial charge on any atom is -0.464 e.